The summed E-state index contributed by atoms with van der Waals surface area (Å²) >= 11 is 7.04. The number of thiocarbonyl (C=S) groups is 1. The zero-order valence-corrected chi connectivity index (χ0v) is 18.4. The van der Waals surface area contributed by atoms with Gasteiger partial charge in [-0.25, -0.2) is 4.79 Å². The highest BCUT2D eigenvalue weighted by molar-refractivity contribution is 7.80. The number of esters is 1. The number of aromatic nitrogens is 1. The number of nitrogens with one attached hydrogen (secondary N) is 2. The van der Waals surface area contributed by atoms with Crippen molar-refractivity contribution in [2.45, 2.75) is 64.7 Å². The summed E-state index contributed by atoms with van der Waals surface area (Å²) in [6, 6.07) is 1.84. The van der Waals surface area contributed by atoms with Crippen molar-refractivity contribution >= 4 is 45.5 Å². The Hall–Kier alpha value is -1.93. The van der Waals surface area contributed by atoms with E-state index in [1.807, 2.05) is 6.07 Å². The van der Waals surface area contributed by atoms with E-state index < -0.39 is 0 Å². The van der Waals surface area contributed by atoms with Crippen LogP contribution < -0.4 is 10.6 Å². The zero-order valence-electron chi connectivity index (χ0n) is 16.8. The monoisotopic (exact) mass is 421 g/mol. The van der Waals surface area contributed by atoms with Crippen molar-refractivity contribution in [3.05, 3.63) is 27.8 Å². The van der Waals surface area contributed by atoms with Gasteiger partial charge in [0.25, 0.3) is 0 Å². The maximum Gasteiger partial charge on any atom is 0.341 e. The van der Waals surface area contributed by atoms with Gasteiger partial charge in [-0.05, 0) is 43.5 Å². The minimum atomic E-state index is -0.320. The second-order valence-electron chi connectivity index (χ2n) is 8.02. The van der Waals surface area contributed by atoms with Crippen LogP contribution in [0.2, 0.25) is 0 Å². The molecule has 0 saturated heterocycles. The van der Waals surface area contributed by atoms with Gasteiger partial charge in [-0.2, -0.15) is 0 Å². The first-order valence-corrected chi connectivity index (χ1v) is 10.8. The molecule has 0 radical (unpaired) electrons. The van der Waals surface area contributed by atoms with Crippen LogP contribution in [0.1, 0.15) is 73.0 Å². The first kappa shape index (κ1) is 20.8. The number of methoxy groups -OCH3 is 1. The van der Waals surface area contributed by atoms with Crippen molar-refractivity contribution in [3.8, 4) is 0 Å². The van der Waals surface area contributed by atoms with E-state index in [-0.39, 0.29) is 11.4 Å². The Balaban J connectivity index is 1.80. The van der Waals surface area contributed by atoms with Crippen molar-refractivity contribution in [3.63, 3.8) is 0 Å². The van der Waals surface area contributed by atoms with Crippen LogP contribution in [0.25, 0.3) is 0 Å². The molecule has 0 aromatic carbocycles. The molecule has 1 aliphatic carbocycles. The molecule has 0 saturated carbocycles. The molecule has 0 unspecified atom stereocenters. The maximum atomic E-state index is 12.5. The number of ether oxygens (including phenoxy) is 1. The highest BCUT2D eigenvalue weighted by Gasteiger charge is 2.26. The van der Waals surface area contributed by atoms with Crippen molar-refractivity contribution in [2.75, 3.05) is 17.7 Å². The average Bonchev–Trinajstić information content (AvgIpc) is 3.19. The smallest absolute Gasteiger partial charge is 0.341 e. The minimum Gasteiger partial charge on any atom is -0.465 e. The third-order valence-electron chi connectivity index (χ3n) is 4.78. The number of anilines is 2. The van der Waals surface area contributed by atoms with Crippen LogP contribution >= 0.6 is 23.6 Å². The summed E-state index contributed by atoms with van der Waals surface area (Å²) in [6.45, 7) is 6.16. The van der Waals surface area contributed by atoms with Gasteiger partial charge in [0.2, 0.25) is 0 Å². The maximum absolute atomic E-state index is 12.5. The average molecular weight is 422 g/mol. The Morgan fingerprint density at radius 2 is 1.93 bits per heavy atom. The van der Waals surface area contributed by atoms with Crippen LogP contribution in [-0.2, 0) is 23.0 Å². The van der Waals surface area contributed by atoms with Gasteiger partial charge in [0.1, 0.15) is 10.8 Å². The van der Waals surface area contributed by atoms with Crippen LogP contribution in [-0.4, -0.2) is 23.3 Å². The molecule has 152 valence electrons. The fraction of sp³-hybridized carbons (Fsp3) is 0.550. The van der Waals surface area contributed by atoms with Crippen LogP contribution in [0.5, 0.6) is 0 Å². The Bertz CT molecular complexity index is 865. The van der Waals surface area contributed by atoms with Crippen LogP contribution in [0.15, 0.2) is 10.6 Å². The fourth-order valence-electron chi connectivity index (χ4n) is 3.26. The molecular weight excluding hydrogens is 394 g/mol. The first-order valence-electron chi connectivity index (χ1n) is 9.57. The summed E-state index contributed by atoms with van der Waals surface area (Å²) in [6.07, 6.45) is 6.55. The molecule has 1 aliphatic rings. The van der Waals surface area contributed by atoms with E-state index in [1.165, 1.54) is 24.8 Å². The molecular formula is C20H27N3O3S2. The molecule has 2 N–H and O–H groups in total. The predicted octanol–water partition coefficient (Wildman–Crippen LogP) is 5.29. The molecule has 0 bridgehead atoms. The number of thiophene rings is 1. The van der Waals surface area contributed by atoms with Crippen molar-refractivity contribution in [1.29, 1.82) is 0 Å². The molecule has 0 fully saturated rings. The van der Waals surface area contributed by atoms with E-state index >= 15 is 0 Å². The number of rotatable bonds is 3. The molecule has 2 aromatic rings. The molecule has 2 aromatic heterocycles. The topological polar surface area (TPSA) is 76.4 Å². The lowest BCUT2D eigenvalue weighted by atomic mass is 9.93. The van der Waals surface area contributed by atoms with Crippen LogP contribution in [0.4, 0.5) is 10.8 Å². The van der Waals surface area contributed by atoms with Gasteiger partial charge >= 0.3 is 5.97 Å². The molecule has 28 heavy (non-hydrogen) atoms. The highest BCUT2D eigenvalue weighted by atomic mass is 32.1. The lowest BCUT2D eigenvalue weighted by Gasteiger charge is -2.12. The first-order chi connectivity index (χ1) is 13.3. The molecule has 3 rings (SSSR count). The van der Waals surface area contributed by atoms with Gasteiger partial charge in [0.05, 0.1) is 12.7 Å². The molecule has 0 aliphatic heterocycles. The van der Waals surface area contributed by atoms with Gasteiger partial charge in [-0.15, -0.1) is 11.3 Å². The van der Waals surface area contributed by atoms with Gasteiger partial charge < -0.3 is 19.9 Å². The van der Waals surface area contributed by atoms with E-state index in [1.54, 1.807) is 11.3 Å². The van der Waals surface area contributed by atoms with Gasteiger partial charge in [0.15, 0.2) is 10.9 Å². The molecule has 2 heterocycles. The largest absolute Gasteiger partial charge is 0.465 e. The standard InChI is InChI=1S/C20H27N3O3S2/c1-20(2,3)14-11-15(23-26-14)21-19(27)22-17-16(18(24)25-4)12-9-7-5-6-8-10-13(12)28-17/h11H,5-10H2,1-4H3,(H2,21,22,23,27). The summed E-state index contributed by atoms with van der Waals surface area (Å²) < 4.78 is 10.4. The van der Waals surface area contributed by atoms with E-state index in [9.17, 15) is 4.79 Å². The summed E-state index contributed by atoms with van der Waals surface area (Å²) in [4.78, 5) is 13.7. The fourth-order valence-corrected chi connectivity index (χ4v) is 4.82. The summed E-state index contributed by atoms with van der Waals surface area (Å²) in [5, 5.41) is 11.3. The van der Waals surface area contributed by atoms with E-state index in [4.69, 9.17) is 21.5 Å². The second kappa shape index (κ2) is 8.61. The molecule has 0 spiro atoms. The van der Waals surface area contributed by atoms with Gasteiger partial charge in [-0.3, -0.25) is 0 Å². The van der Waals surface area contributed by atoms with Crippen LogP contribution in [0.3, 0.4) is 0 Å². The van der Waals surface area contributed by atoms with E-state index in [2.05, 4.69) is 36.6 Å². The Labute approximate surface area is 175 Å². The molecule has 0 atom stereocenters. The summed E-state index contributed by atoms with van der Waals surface area (Å²) in [5.41, 5.74) is 1.59. The lowest BCUT2D eigenvalue weighted by Crippen LogP contribution is -2.20. The number of hydrogen-bond acceptors (Lipinski definition) is 6. The third-order valence-corrected chi connectivity index (χ3v) is 6.19. The van der Waals surface area contributed by atoms with Crippen molar-refractivity contribution in [2.24, 2.45) is 0 Å². The summed E-state index contributed by atoms with van der Waals surface area (Å²) in [7, 11) is 1.42. The highest BCUT2D eigenvalue weighted by Crippen LogP contribution is 2.37. The Morgan fingerprint density at radius 3 is 2.57 bits per heavy atom. The van der Waals surface area contributed by atoms with Crippen molar-refractivity contribution in [1.82, 2.24) is 5.16 Å². The van der Waals surface area contributed by atoms with Crippen molar-refractivity contribution < 1.29 is 14.1 Å². The van der Waals surface area contributed by atoms with Crippen LogP contribution in [0, 0.1) is 0 Å². The molecule has 8 heteroatoms. The molecule has 0 amide bonds. The predicted molar refractivity (Wildman–Crippen MR) is 117 cm³/mol. The number of nitrogens with zero attached hydrogens (tertiary/aromatic N) is 1. The number of aryl methyl sites for hydroxylation is 1. The minimum absolute atomic E-state index is 0.135. The second-order valence-corrected chi connectivity index (χ2v) is 9.53. The SMILES string of the molecule is COC(=O)c1c(NC(=S)Nc2cc(C(C)(C)C)on2)sc2c1CCCCCC2. The summed E-state index contributed by atoms with van der Waals surface area (Å²) in [5.74, 6) is 0.990. The lowest BCUT2D eigenvalue weighted by molar-refractivity contribution is 0.0601. The van der Waals surface area contributed by atoms with Gasteiger partial charge in [0, 0.05) is 16.4 Å². The number of fused-ring (bicyclic) bond motifs is 1. The number of hydrogen-bond donors (Lipinski definition) is 2. The zero-order chi connectivity index (χ0) is 20.3. The number of carbonyl (C=O) groups excluding carboxylic acids is 1. The third kappa shape index (κ3) is 4.72. The van der Waals surface area contributed by atoms with Gasteiger partial charge in [-0.1, -0.05) is 38.8 Å². The number of carbonyl (C=O) groups is 1. The quantitative estimate of drug-likeness (QED) is 0.515. The Morgan fingerprint density at radius 1 is 1.21 bits per heavy atom. The van der Waals surface area contributed by atoms with E-state index in [0.717, 1.165) is 42.0 Å². The molecule has 6 nitrogen and oxygen atoms in total. The van der Waals surface area contributed by atoms with E-state index in [0.29, 0.717) is 16.5 Å². The normalized spacial score (nSPS) is 14.6. The Kier molecular flexibility index (Phi) is 6.40.